The molecule has 1 atom stereocenters. The van der Waals surface area contributed by atoms with Crippen LogP contribution >= 0.6 is 0 Å². The molecule has 0 aliphatic carbocycles. The molecule has 5 nitrogen and oxygen atoms in total. The van der Waals surface area contributed by atoms with Gasteiger partial charge in [0.25, 0.3) is 0 Å². The van der Waals surface area contributed by atoms with Crippen LogP contribution in [0.25, 0.3) is 0 Å². The van der Waals surface area contributed by atoms with Crippen molar-refractivity contribution in [3.8, 4) is 17.2 Å². The van der Waals surface area contributed by atoms with Crippen LogP contribution < -0.4 is 19.5 Å². The van der Waals surface area contributed by atoms with Gasteiger partial charge in [0.05, 0.1) is 19.6 Å². The maximum atomic E-state index is 12.4. The molecule has 26 heavy (non-hydrogen) atoms. The number of nitrogens with one attached hydrogen (secondary N) is 1. The van der Waals surface area contributed by atoms with Gasteiger partial charge in [0.15, 0.2) is 11.5 Å². The Bertz CT molecular complexity index is 742. The largest absolute Gasteiger partial charge is 0.494 e. The molecule has 1 unspecified atom stereocenters. The van der Waals surface area contributed by atoms with Gasteiger partial charge >= 0.3 is 0 Å². The van der Waals surface area contributed by atoms with Crippen molar-refractivity contribution < 1.29 is 19.0 Å². The summed E-state index contributed by atoms with van der Waals surface area (Å²) in [6.07, 6.45) is 1.46. The summed E-state index contributed by atoms with van der Waals surface area (Å²) < 4.78 is 16.5. The first-order valence-electron chi connectivity index (χ1n) is 8.99. The van der Waals surface area contributed by atoms with E-state index in [0.717, 1.165) is 29.2 Å². The van der Waals surface area contributed by atoms with Crippen LogP contribution in [-0.4, -0.2) is 32.8 Å². The first-order chi connectivity index (χ1) is 12.7. The standard InChI is InChI=1S/C21H25NO4/c1-3-25-18-9-7-15(8-10-18)11-12-22-21(23)17-13-16-5-4-6-19(24-2)20(16)26-14-17/h4-10,17H,3,11-14H2,1-2H3,(H,22,23). The molecule has 0 aromatic heterocycles. The van der Waals surface area contributed by atoms with Gasteiger partial charge < -0.3 is 19.5 Å². The van der Waals surface area contributed by atoms with Crippen LogP contribution in [0.3, 0.4) is 0 Å². The van der Waals surface area contributed by atoms with E-state index >= 15 is 0 Å². The lowest BCUT2D eigenvalue weighted by atomic mass is 9.95. The zero-order valence-corrected chi connectivity index (χ0v) is 15.3. The van der Waals surface area contributed by atoms with Crippen molar-refractivity contribution in [2.45, 2.75) is 19.8 Å². The number of methoxy groups -OCH3 is 1. The molecule has 2 aromatic rings. The SMILES string of the molecule is CCOc1ccc(CCNC(=O)C2COc3c(cccc3OC)C2)cc1. The summed E-state index contributed by atoms with van der Waals surface area (Å²) in [5.74, 6) is 2.21. The van der Waals surface area contributed by atoms with Crippen LogP contribution in [0, 0.1) is 5.92 Å². The van der Waals surface area contributed by atoms with Crippen molar-refractivity contribution in [3.05, 3.63) is 53.6 Å². The summed E-state index contributed by atoms with van der Waals surface area (Å²) in [7, 11) is 1.62. The smallest absolute Gasteiger partial charge is 0.226 e. The van der Waals surface area contributed by atoms with E-state index < -0.39 is 0 Å². The Kier molecular flexibility index (Phi) is 6.00. The molecule has 1 heterocycles. The normalized spacial score (nSPS) is 15.5. The molecule has 3 rings (SSSR count). The average molecular weight is 355 g/mol. The van der Waals surface area contributed by atoms with Crippen LogP contribution in [0.1, 0.15) is 18.1 Å². The molecule has 0 bridgehead atoms. The second-order valence-corrected chi connectivity index (χ2v) is 6.28. The molecule has 0 saturated carbocycles. The zero-order valence-electron chi connectivity index (χ0n) is 15.3. The molecule has 1 aliphatic rings. The lowest BCUT2D eigenvalue weighted by Crippen LogP contribution is -2.38. The second kappa shape index (κ2) is 8.61. The third-order valence-electron chi connectivity index (χ3n) is 4.49. The van der Waals surface area contributed by atoms with Crippen LogP contribution in [0.15, 0.2) is 42.5 Å². The molecule has 1 aliphatic heterocycles. The summed E-state index contributed by atoms with van der Waals surface area (Å²) in [6.45, 7) is 3.61. The first kappa shape index (κ1) is 18.1. The first-order valence-corrected chi connectivity index (χ1v) is 8.99. The monoisotopic (exact) mass is 355 g/mol. The van der Waals surface area contributed by atoms with Crippen molar-refractivity contribution in [1.82, 2.24) is 5.32 Å². The molecular formula is C21H25NO4. The van der Waals surface area contributed by atoms with E-state index in [1.54, 1.807) is 7.11 Å². The molecule has 0 radical (unpaired) electrons. The summed E-state index contributed by atoms with van der Waals surface area (Å²) in [5, 5.41) is 3.02. The number of hydrogen-bond donors (Lipinski definition) is 1. The number of hydrogen-bond acceptors (Lipinski definition) is 4. The van der Waals surface area contributed by atoms with E-state index in [9.17, 15) is 4.79 Å². The molecule has 138 valence electrons. The third kappa shape index (κ3) is 4.28. The number of rotatable bonds is 7. The van der Waals surface area contributed by atoms with E-state index in [2.05, 4.69) is 5.32 Å². The highest BCUT2D eigenvalue weighted by Gasteiger charge is 2.27. The van der Waals surface area contributed by atoms with Gasteiger partial charge in [-0.1, -0.05) is 24.3 Å². The van der Waals surface area contributed by atoms with Gasteiger partial charge in [-0.05, 0) is 49.1 Å². The summed E-state index contributed by atoms with van der Waals surface area (Å²) >= 11 is 0. The van der Waals surface area contributed by atoms with Crippen molar-refractivity contribution in [2.24, 2.45) is 5.92 Å². The predicted octanol–water partition coefficient (Wildman–Crippen LogP) is 3.00. The van der Waals surface area contributed by atoms with Crippen molar-refractivity contribution in [3.63, 3.8) is 0 Å². The number of benzene rings is 2. The Hall–Kier alpha value is -2.69. The Morgan fingerprint density at radius 1 is 1.23 bits per heavy atom. The van der Waals surface area contributed by atoms with Crippen molar-refractivity contribution in [2.75, 3.05) is 26.9 Å². The van der Waals surface area contributed by atoms with Gasteiger partial charge in [-0.2, -0.15) is 0 Å². The highest BCUT2D eigenvalue weighted by molar-refractivity contribution is 5.79. The highest BCUT2D eigenvalue weighted by Crippen LogP contribution is 2.35. The predicted molar refractivity (Wildman–Crippen MR) is 100 cm³/mol. The Labute approximate surface area is 154 Å². The number of amides is 1. The lowest BCUT2D eigenvalue weighted by molar-refractivity contribution is -0.126. The van der Waals surface area contributed by atoms with Crippen LogP contribution in [0.2, 0.25) is 0 Å². The third-order valence-corrected chi connectivity index (χ3v) is 4.49. The van der Waals surface area contributed by atoms with Crippen LogP contribution in [0.5, 0.6) is 17.2 Å². The number of carbonyl (C=O) groups excluding carboxylic acids is 1. The Morgan fingerprint density at radius 3 is 2.77 bits per heavy atom. The molecule has 0 spiro atoms. The maximum absolute atomic E-state index is 12.4. The summed E-state index contributed by atoms with van der Waals surface area (Å²) in [5.41, 5.74) is 2.19. The maximum Gasteiger partial charge on any atom is 0.226 e. The minimum Gasteiger partial charge on any atom is -0.494 e. The van der Waals surface area contributed by atoms with Gasteiger partial charge in [0.2, 0.25) is 5.91 Å². The molecule has 1 amide bonds. The van der Waals surface area contributed by atoms with Crippen LogP contribution in [0.4, 0.5) is 0 Å². The van der Waals surface area contributed by atoms with E-state index in [4.69, 9.17) is 14.2 Å². The second-order valence-electron chi connectivity index (χ2n) is 6.28. The fourth-order valence-corrected chi connectivity index (χ4v) is 3.12. The van der Waals surface area contributed by atoms with Crippen LogP contribution in [-0.2, 0) is 17.6 Å². The van der Waals surface area contributed by atoms with E-state index in [1.807, 2.05) is 49.4 Å². The van der Waals surface area contributed by atoms with E-state index in [0.29, 0.717) is 26.2 Å². The molecule has 0 fully saturated rings. The van der Waals surface area contributed by atoms with E-state index in [-0.39, 0.29) is 11.8 Å². The number of para-hydroxylation sites is 1. The fourth-order valence-electron chi connectivity index (χ4n) is 3.12. The minimum atomic E-state index is -0.171. The van der Waals surface area contributed by atoms with Gasteiger partial charge in [0, 0.05) is 6.54 Å². The molecule has 1 N–H and O–H groups in total. The average Bonchev–Trinajstić information content (AvgIpc) is 2.68. The van der Waals surface area contributed by atoms with Crippen molar-refractivity contribution in [1.29, 1.82) is 0 Å². The summed E-state index contributed by atoms with van der Waals surface area (Å²) in [4.78, 5) is 12.4. The fraction of sp³-hybridized carbons (Fsp3) is 0.381. The van der Waals surface area contributed by atoms with Gasteiger partial charge in [-0.3, -0.25) is 4.79 Å². The minimum absolute atomic E-state index is 0.0319. The zero-order chi connectivity index (χ0) is 18.4. The number of carbonyl (C=O) groups is 1. The Balaban J connectivity index is 1.49. The lowest BCUT2D eigenvalue weighted by Gasteiger charge is -2.25. The Morgan fingerprint density at radius 2 is 2.04 bits per heavy atom. The number of ether oxygens (including phenoxy) is 3. The quantitative estimate of drug-likeness (QED) is 0.829. The highest BCUT2D eigenvalue weighted by atomic mass is 16.5. The molecule has 5 heteroatoms. The van der Waals surface area contributed by atoms with Gasteiger partial charge in [-0.15, -0.1) is 0 Å². The van der Waals surface area contributed by atoms with E-state index in [1.165, 1.54) is 5.56 Å². The van der Waals surface area contributed by atoms with Crippen molar-refractivity contribution >= 4 is 5.91 Å². The molecular weight excluding hydrogens is 330 g/mol. The van der Waals surface area contributed by atoms with Gasteiger partial charge in [0.1, 0.15) is 12.4 Å². The number of fused-ring (bicyclic) bond motifs is 1. The molecule has 0 saturated heterocycles. The summed E-state index contributed by atoms with van der Waals surface area (Å²) in [6, 6.07) is 13.8. The van der Waals surface area contributed by atoms with Gasteiger partial charge in [-0.25, -0.2) is 0 Å². The molecule has 2 aromatic carbocycles. The topological polar surface area (TPSA) is 56.8 Å².